The number of imide groups is 1. The molecule has 27 heavy (non-hydrogen) atoms. The van der Waals surface area contributed by atoms with Crippen LogP contribution in [-0.4, -0.2) is 59.7 Å². The Morgan fingerprint density at radius 3 is 2.44 bits per heavy atom. The van der Waals surface area contributed by atoms with Crippen LogP contribution in [0.3, 0.4) is 0 Å². The minimum atomic E-state index is -0.302. The molecule has 0 unspecified atom stereocenters. The Labute approximate surface area is 158 Å². The lowest BCUT2D eigenvalue weighted by Crippen LogP contribution is -2.43. The third kappa shape index (κ3) is 4.02. The molecule has 0 bridgehead atoms. The molecule has 3 rings (SSSR count). The number of piperidine rings is 1. The van der Waals surface area contributed by atoms with E-state index in [1.165, 1.54) is 4.90 Å². The van der Waals surface area contributed by atoms with Crippen LogP contribution in [0.15, 0.2) is 24.3 Å². The Bertz CT molecular complexity index is 725. The number of fused-ring (bicyclic) bond motifs is 1. The van der Waals surface area contributed by atoms with Gasteiger partial charge in [0.25, 0.3) is 11.8 Å². The molecule has 3 amide bonds. The first-order valence-corrected chi connectivity index (χ1v) is 9.42. The van der Waals surface area contributed by atoms with Gasteiger partial charge in [0.05, 0.1) is 23.7 Å². The van der Waals surface area contributed by atoms with Gasteiger partial charge in [-0.15, -0.1) is 0 Å². The van der Waals surface area contributed by atoms with Crippen molar-refractivity contribution in [1.82, 2.24) is 9.80 Å². The Morgan fingerprint density at radius 2 is 1.81 bits per heavy atom. The summed E-state index contributed by atoms with van der Waals surface area (Å²) in [5.41, 5.74) is 0.837. The van der Waals surface area contributed by atoms with Crippen LogP contribution in [0.2, 0.25) is 0 Å². The maximum absolute atomic E-state index is 12.5. The molecule has 1 fully saturated rings. The van der Waals surface area contributed by atoms with Crippen LogP contribution >= 0.6 is 0 Å². The molecule has 7 heteroatoms. The third-order valence-electron chi connectivity index (χ3n) is 5.04. The maximum Gasteiger partial charge on any atom is 0.310 e. The lowest BCUT2D eigenvalue weighted by molar-refractivity contribution is -0.151. The van der Waals surface area contributed by atoms with E-state index in [0.29, 0.717) is 37.2 Å². The molecule has 0 aliphatic carbocycles. The van der Waals surface area contributed by atoms with E-state index < -0.39 is 0 Å². The summed E-state index contributed by atoms with van der Waals surface area (Å²) < 4.78 is 5.05. The minimum Gasteiger partial charge on any atom is -0.466 e. The first kappa shape index (κ1) is 19.1. The number of likely N-dealkylation sites (tertiary alicyclic amines) is 1. The highest BCUT2D eigenvalue weighted by Crippen LogP contribution is 2.23. The van der Waals surface area contributed by atoms with Gasteiger partial charge in [-0.1, -0.05) is 12.1 Å². The molecule has 1 aromatic rings. The van der Waals surface area contributed by atoms with E-state index in [2.05, 4.69) is 0 Å². The van der Waals surface area contributed by atoms with Gasteiger partial charge in [-0.25, -0.2) is 0 Å². The normalized spacial score (nSPS) is 19.2. The molecule has 0 saturated carbocycles. The average molecular weight is 372 g/mol. The molecule has 0 N–H and O–H groups in total. The van der Waals surface area contributed by atoms with Crippen molar-refractivity contribution in [3.8, 4) is 0 Å². The molecule has 2 aliphatic rings. The fraction of sp³-hybridized carbons (Fsp3) is 0.500. The van der Waals surface area contributed by atoms with Gasteiger partial charge in [-0.3, -0.25) is 24.1 Å². The Balaban J connectivity index is 1.49. The summed E-state index contributed by atoms with van der Waals surface area (Å²) in [5, 5.41) is 0. The topological polar surface area (TPSA) is 84.0 Å². The number of hydrogen-bond donors (Lipinski definition) is 0. The summed E-state index contributed by atoms with van der Waals surface area (Å²) in [4.78, 5) is 51.9. The highest BCUT2D eigenvalue weighted by molar-refractivity contribution is 6.21. The number of ether oxygens (including phenoxy) is 1. The highest BCUT2D eigenvalue weighted by atomic mass is 16.5. The van der Waals surface area contributed by atoms with E-state index in [1.807, 2.05) is 0 Å². The Kier molecular flexibility index (Phi) is 5.88. The SMILES string of the molecule is CCOC(=O)[C@H]1CCCN(C(=O)CCCN2C(=O)c3ccccc3C2=O)C1. The largest absolute Gasteiger partial charge is 0.466 e. The molecule has 1 atom stereocenters. The van der Waals surface area contributed by atoms with Crippen LogP contribution in [0.25, 0.3) is 0 Å². The van der Waals surface area contributed by atoms with Crippen LogP contribution in [0, 0.1) is 5.92 Å². The fourth-order valence-electron chi connectivity index (χ4n) is 3.64. The van der Waals surface area contributed by atoms with Crippen molar-refractivity contribution >= 4 is 23.7 Å². The number of rotatable bonds is 6. The molecular formula is C20H24N2O5. The lowest BCUT2D eigenvalue weighted by Gasteiger charge is -2.31. The molecule has 0 spiro atoms. The third-order valence-corrected chi connectivity index (χ3v) is 5.04. The van der Waals surface area contributed by atoms with E-state index in [-0.39, 0.29) is 42.6 Å². The smallest absolute Gasteiger partial charge is 0.310 e. The molecule has 0 aromatic heterocycles. The van der Waals surface area contributed by atoms with Crippen molar-refractivity contribution in [3.63, 3.8) is 0 Å². The summed E-state index contributed by atoms with van der Waals surface area (Å²) in [6, 6.07) is 6.74. The molecule has 2 aliphatic heterocycles. The number of carbonyl (C=O) groups excluding carboxylic acids is 4. The average Bonchev–Trinajstić information content (AvgIpc) is 2.93. The predicted octanol–water partition coefficient (Wildman–Crippen LogP) is 1.86. The number of hydrogen-bond acceptors (Lipinski definition) is 5. The van der Waals surface area contributed by atoms with Gasteiger partial charge in [0.2, 0.25) is 5.91 Å². The summed E-state index contributed by atoms with van der Waals surface area (Å²) >= 11 is 0. The highest BCUT2D eigenvalue weighted by Gasteiger charge is 2.35. The maximum atomic E-state index is 12.5. The zero-order valence-electron chi connectivity index (χ0n) is 15.5. The first-order chi connectivity index (χ1) is 13.0. The molecule has 1 saturated heterocycles. The molecular weight excluding hydrogens is 348 g/mol. The summed E-state index contributed by atoms with van der Waals surface area (Å²) in [5.74, 6) is -1.17. The van der Waals surface area contributed by atoms with Gasteiger partial charge in [0, 0.05) is 26.1 Å². The van der Waals surface area contributed by atoms with E-state index in [0.717, 1.165) is 12.8 Å². The van der Waals surface area contributed by atoms with E-state index in [4.69, 9.17) is 4.74 Å². The van der Waals surface area contributed by atoms with E-state index in [1.54, 1.807) is 36.1 Å². The lowest BCUT2D eigenvalue weighted by atomic mass is 9.98. The summed E-state index contributed by atoms with van der Waals surface area (Å²) in [6.07, 6.45) is 2.15. The molecule has 2 heterocycles. The van der Waals surface area contributed by atoms with Crippen molar-refractivity contribution in [3.05, 3.63) is 35.4 Å². The van der Waals surface area contributed by atoms with Crippen LogP contribution in [0.4, 0.5) is 0 Å². The van der Waals surface area contributed by atoms with Gasteiger partial charge in [-0.2, -0.15) is 0 Å². The van der Waals surface area contributed by atoms with Crippen LogP contribution in [0.5, 0.6) is 0 Å². The zero-order chi connectivity index (χ0) is 19.4. The summed E-state index contributed by atoms with van der Waals surface area (Å²) in [6.45, 7) is 3.33. The molecule has 7 nitrogen and oxygen atoms in total. The quantitative estimate of drug-likeness (QED) is 0.562. The van der Waals surface area contributed by atoms with Crippen LogP contribution in [0.1, 0.15) is 53.3 Å². The second kappa shape index (κ2) is 8.33. The van der Waals surface area contributed by atoms with Gasteiger partial charge in [0.15, 0.2) is 0 Å². The van der Waals surface area contributed by atoms with Crippen molar-refractivity contribution in [2.45, 2.75) is 32.6 Å². The predicted molar refractivity (Wildman–Crippen MR) is 97.0 cm³/mol. The van der Waals surface area contributed by atoms with E-state index >= 15 is 0 Å². The molecule has 144 valence electrons. The van der Waals surface area contributed by atoms with Gasteiger partial charge in [-0.05, 0) is 38.3 Å². The van der Waals surface area contributed by atoms with E-state index in [9.17, 15) is 19.2 Å². The van der Waals surface area contributed by atoms with Crippen LogP contribution < -0.4 is 0 Å². The number of amides is 3. The zero-order valence-corrected chi connectivity index (χ0v) is 15.5. The fourth-order valence-corrected chi connectivity index (χ4v) is 3.64. The summed E-state index contributed by atoms with van der Waals surface area (Å²) in [7, 11) is 0. The number of carbonyl (C=O) groups is 4. The monoisotopic (exact) mass is 372 g/mol. The van der Waals surface area contributed by atoms with Crippen molar-refractivity contribution in [2.24, 2.45) is 5.92 Å². The second-order valence-electron chi connectivity index (χ2n) is 6.84. The van der Waals surface area contributed by atoms with Crippen molar-refractivity contribution in [1.29, 1.82) is 0 Å². The molecule has 0 radical (unpaired) electrons. The van der Waals surface area contributed by atoms with Crippen molar-refractivity contribution in [2.75, 3.05) is 26.2 Å². The van der Waals surface area contributed by atoms with Gasteiger partial charge >= 0.3 is 5.97 Å². The number of esters is 1. The van der Waals surface area contributed by atoms with Crippen LogP contribution in [-0.2, 0) is 14.3 Å². The first-order valence-electron chi connectivity index (χ1n) is 9.42. The number of nitrogens with zero attached hydrogens (tertiary/aromatic N) is 2. The Hall–Kier alpha value is -2.70. The minimum absolute atomic E-state index is 0.0550. The molecule has 1 aromatic carbocycles. The van der Waals surface area contributed by atoms with Crippen molar-refractivity contribution < 1.29 is 23.9 Å². The van der Waals surface area contributed by atoms with Gasteiger partial charge in [0.1, 0.15) is 0 Å². The van der Waals surface area contributed by atoms with Gasteiger partial charge < -0.3 is 9.64 Å². The second-order valence-corrected chi connectivity index (χ2v) is 6.84. The number of benzene rings is 1. The standard InChI is InChI=1S/C20H24N2O5/c1-2-27-20(26)14-7-5-11-21(13-14)17(23)10-6-12-22-18(24)15-8-3-4-9-16(15)19(22)25/h3-4,8-9,14H,2,5-7,10-13H2,1H3/t14-/m0/s1. The Morgan fingerprint density at radius 1 is 1.15 bits per heavy atom.